The largest absolute Gasteiger partial charge is 0.395 e. The van der Waals surface area contributed by atoms with Gasteiger partial charge in [-0.2, -0.15) is 0 Å². The molecule has 2 N–H and O–H groups in total. The molecule has 0 unspecified atom stereocenters. The first-order valence-electron chi connectivity index (χ1n) is 4.60. The highest BCUT2D eigenvalue weighted by molar-refractivity contribution is 7.99. The molecule has 0 spiro atoms. The van der Waals surface area contributed by atoms with Crippen LogP contribution in [0.4, 0.5) is 14.5 Å². The van der Waals surface area contributed by atoms with Crippen molar-refractivity contribution in [3.8, 4) is 0 Å². The van der Waals surface area contributed by atoms with Crippen molar-refractivity contribution in [1.82, 2.24) is 4.98 Å². The maximum Gasteiger partial charge on any atom is 0.150 e. The third-order valence-electron chi connectivity index (χ3n) is 1.97. The van der Waals surface area contributed by atoms with Crippen LogP contribution >= 0.6 is 23.4 Å². The fourth-order valence-electron chi connectivity index (χ4n) is 1.18. The van der Waals surface area contributed by atoms with Crippen molar-refractivity contribution in [2.45, 2.75) is 9.92 Å². The molecule has 0 atom stereocenters. The van der Waals surface area contributed by atoms with Gasteiger partial charge in [0.2, 0.25) is 0 Å². The second-order valence-electron chi connectivity index (χ2n) is 3.22. The van der Waals surface area contributed by atoms with Crippen molar-refractivity contribution in [2.75, 3.05) is 5.73 Å². The van der Waals surface area contributed by atoms with E-state index in [1.165, 1.54) is 12.3 Å². The number of aromatic nitrogens is 1. The van der Waals surface area contributed by atoms with Gasteiger partial charge in [0.15, 0.2) is 0 Å². The molecule has 6 heteroatoms. The summed E-state index contributed by atoms with van der Waals surface area (Å²) in [6.07, 6.45) is 1.45. The fourth-order valence-corrected chi connectivity index (χ4v) is 2.14. The number of halogens is 3. The molecule has 17 heavy (non-hydrogen) atoms. The molecule has 1 aromatic carbocycles. The molecule has 0 aliphatic heterocycles. The van der Waals surface area contributed by atoms with Crippen LogP contribution in [-0.4, -0.2) is 4.98 Å². The van der Waals surface area contributed by atoms with E-state index in [-0.39, 0.29) is 10.6 Å². The first-order chi connectivity index (χ1) is 8.06. The molecule has 0 bridgehead atoms. The summed E-state index contributed by atoms with van der Waals surface area (Å²) >= 11 is 6.76. The molecule has 88 valence electrons. The molecule has 0 amide bonds. The van der Waals surface area contributed by atoms with Crippen LogP contribution < -0.4 is 5.73 Å². The van der Waals surface area contributed by atoms with E-state index in [0.717, 1.165) is 17.8 Å². The molecular weight excluding hydrogens is 266 g/mol. The number of hydrogen-bond donors (Lipinski definition) is 1. The van der Waals surface area contributed by atoms with Crippen LogP contribution in [0, 0.1) is 11.6 Å². The minimum atomic E-state index is -0.776. The van der Waals surface area contributed by atoms with Crippen molar-refractivity contribution in [3.05, 3.63) is 47.1 Å². The number of anilines is 1. The highest BCUT2D eigenvalue weighted by atomic mass is 35.5. The van der Waals surface area contributed by atoms with Crippen molar-refractivity contribution >= 4 is 29.1 Å². The van der Waals surface area contributed by atoms with Gasteiger partial charge in [-0.15, -0.1) is 0 Å². The van der Waals surface area contributed by atoms with Gasteiger partial charge in [0.1, 0.15) is 16.7 Å². The molecule has 0 aliphatic rings. The van der Waals surface area contributed by atoms with Crippen molar-refractivity contribution in [1.29, 1.82) is 0 Å². The number of nitrogens with zero attached hydrogens (tertiary/aromatic N) is 1. The predicted octanol–water partition coefficient (Wildman–Crippen LogP) is 3.75. The Balaban J connectivity index is 2.32. The molecule has 0 saturated heterocycles. The molecule has 2 rings (SSSR count). The highest BCUT2D eigenvalue weighted by Gasteiger charge is 2.10. The third kappa shape index (κ3) is 2.87. The Morgan fingerprint density at radius 1 is 1.24 bits per heavy atom. The van der Waals surface area contributed by atoms with Gasteiger partial charge in [-0.25, -0.2) is 13.8 Å². The number of benzene rings is 1. The number of nitrogen functional groups attached to an aromatic ring is 1. The summed E-state index contributed by atoms with van der Waals surface area (Å²) in [5.41, 5.74) is 5.42. The van der Waals surface area contributed by atoms with Crippen LogP contribution in [0.15, 0.2) is 40.4 Å². The summed E-state index contributed by atoms with van der Waals surface area (Å²) in [6.45, 7) is 0. The fraction of sp³-hybridized carbons (Fsp3) is 0. The smallest absolute Gasteiger partial charge is 0.150 e. The van der Waals surface area contributed by atoms with Gasteiger partial charge in [0.05, 0.1) is 10.7 Å². The molecule has 0 radical (unpaired) electrons. The first-order valence-corrected chi connectivity index (χ1v) is 5.79. The van der Waals surface area contributed by atoms with Crippen molar-refractivity contribution < 1.29 is 8.78 Å². The lowest BCUT2D eigenvalue weighted by molar-refractivity contribution is 0.581. The second kappa shape index (κ2) is 4.89. The SMILES string of the molecule is Nc1c(F)cc(F)cc1Sc1ccc(Cl)cn1. The molecule has 2 nitrogen and oxygen atoms in total. The van der Waals surface area contributed by atoms with Crippen LogP contribution in [-0.2, 0) is 0 Å². The summed E-state index contributed by atoms with van der Waals surface area (Å²) in [4.78, 5) is 4.29. The zero-order valence-electron chi connectivity index (χ0n) is 8.45. The van der Waals surface area contributed by atoms with Crippen LogP contribution in [0.5, 0.6) is 0 Å². The monoisotopic (exact) mass is 272 g/mol. The lowest BCUT2D eigenvalue weighted by Gasteiger charge is -2.06. The average Bonchev–Trinajstić information content (AvgIpc) is 2.28. The lowest BCUT2D eigenvalue weighted by Crippen LogP contribution is -1.95. The Labute approximate surface area is 106 Å². The highest BCUT2D eigenvalue weighted by Crippen LogP contribution is 2.33. The Morgan fingerprint density at radius 2 is 2.00 bits per heavy atom. The van der Waals surface area contributed by atoms with Gasteiger partial charge < -0.3 is 5.73 Å². The summed E-state index contributed by atoms with van der Waals surface area (Å²) in [6, 6.07) is 5.20. The predicted molar refractivity (Wildman–Crippen MR) is 64.1 cm³/mol. The maximum atomic E-state index is 13.2. The van der Waals surface area contributed by atoms with Gasteiger partial charge in [0, 0.05) is 17.2 Å². The van der Waals surface area contributed by atoms with E-state index < -0.39 is 11.6 Å². The quantitative estimate of drug-likeness (QED) is 0.847. The standard InChI is InChI=1S/C11H7ClF2N2S/c12-6-1-2-10(16-5-6)17-9-4-7(13)3-8(14)11(9)15/h1-5H,15H2. The molecule has 0 saturated carbocycles. The summed E-state index contributed by atoms with van der Waals surface area (Å²) in [7, 11) is 0. The zero-order chi connectivity index (χ0) is 12.4. The number of rotatable bonds is 2. The minimum absolute atomic E-state index is 0.0897. The number of nitrogens with two attached hydrogens (primary N) is 1. The number of pyridine rings is 1. The van der Waals surface area contributed by atoms with Crippen molar-refractivity contribution in [3.63, 3.8) is 0 Å². The van der Waals surface area contributed by atoms with Gasteiger partial charge in [-0.05, 0) is 18.2 Å². The topological polar surface area (TPSA) is 38.9 Å². The van der Waals surface area contributed by atoms with E-state index in [2.05, 4.69) is 4.98 Å². The first kappa shape index (κ1) is 12.1. The van der Waals surface area contributed by atoms with Crippen LogP contribution in [0.25, 0.3) is 0 Å². The minimum Gasteiger partial charge on any atom is -0.395 e. The molecule has 1 heterocycles. The van der Waals surface area contributed by atoms with E-state index in [4.69, 9.17) is 17.3 Å². The maximum absolute atomic E-state index is 13.2. The Kier molecular flexibility index (Phi) is 3.49. The van der Waals surface area contributed by atoms with E-state index in [0.29, 0.717) is 10.0 Å². The van der Waals surface area contributed by atoms with Crippen molar-refractivity contribution in [2.24, 2.45) is 0 Å². The van der Waals surface area contributed by atoms with Gasteiger partial charge in [0.25, 0.3) is 0 Å². The van der Waals surface area contributed by atoms with E-state index in [1.807, 2.05) is 0 Å². The molecular formula is C11H7ClF2N2S. The van der Waals surface area contributed by atoms with Crippen LogP contribution in [0.2, 0.25) is 5.02 Å². The molecule has 0 fully saturated rings. The van der Waals surface area contributed by atoms with E-state index in [1.54, 1.807) is 12.1 Å². The van der Waals surface area contributed by atoms with Crippen LogP contribution in [0.3, 0.4) is 0 Å². The van der Waals surface area contributed by atoms with Crippen LogP contribution in [0.1, 0.15) is 0 Å². The average molecular weight is 273 g/mol. The Hall–Kier alpha value is -1.33. The van der Waals surface area contributed by atoms with Gasteiger partial charge in [-0.3, -0.25) is 0 Å². The number of hydrogen-bond acceptors (Lipinski definition) is 3. The van der Waals surface area contributed by atoms with E-state index >= 15 is 0 Å². The van der Waals surface area contributed by atoms with E-state index in [9.17, 15) is 8.78 Å². The summed E-state index contributed by atoms with van der Waals surface area (Å²) in [5.74, 6) is -1.45. The molecule has 0 aliphatic carbocycles. The summed E-state index contributed by atoms with van der Waals surface area (Å²) < 4.78 is 26.2. The normalized spacial score (nSPS) is 10.5. The lowest BCUT2D eigenvalue weighted by atomic mass is 10.3. The Bertz CT molecular complexity index is 546. The van der Waals surface area contributed by atoms with Gasteiger partial charge >= 0.3 is 0 Å². The zero-order valence-corrected chi connectivity index (χ0v) is 10.0. The summed E-state index contributed by atoms with van der Waals surface area (Å²) in [5, 5.41) is 1.05. The second-order valence-corrected chi connectivity index (χ2v) is 4.71. The Morgan fingerprint density at radius 3 is 2.65 bits per heavy atom. The van der Waals surface area contributed by atoms with Gasteiger partial charge in [-0.1, -0.05) is 23.4 Å². The molecule has 1 aromatic heterocycles. The third-order valence-corrected chi connectivity index (χ3v) is 3.20. The molecule has 2 aromatic rings.